The van der Waals surface area contributed by atoms with Gasteiger partial charge in [-0.1, -0.05) is 18.3 Å². The molecule has 1 heterocycles. The Bertz CT molecular complexity index is 371. The van der Waals surface area contributed by atoms with Crippen LogP contribution >= 0.6 is 12.2 Å². The minimum Gasteiger partial charge on any atom is -0.388 e. The molecule has 0 amide bonds. The SMILES string of the molecule is CN(Cc1cccnc1C(N)=S)CC(F)F. The fourth-order valence-electron chi connectivity index (χ4n) is 1.38. The molecule has 0 aliphatic rings. The number of pyridine rings is 1. The number of alkyl halides is 2. The Labute approximate surface area is 98.3 Å². The van der Waals surface area contributed by atoms with Crippen molar-refractivity contribution in [3.8, 4) is 0 Å². The predicted molar refractivity (Wildman–Crippen MR) is 62.5 cm³/mol. The Kier molecular flexibility index (Phi) is 4.70. The molecule has 0 saturated carbocycles. The normalized spacial score (nSPS) is 11.1. The molecule has 88 valence electrons. The molecule has 6 heteroatoms. The van der Waals surface area contributed by atoms with Crippen molar-refractivity contribution >= 4 is 17.2 Å². The van der Waals surface area contributed by atoms with Crippen LogP contribution in [0.15, 0.2) is 18.3 Å². The lowest BCUT2D eigenvalue weighted by Gasteiger charge is -2.17. The summed E-state index contributed by atoms with van der Waals surface area (Å²) in [6.07, 6.45) is -0.777. The second kappa shape index (κ2) is 5.81. The van der Waals surface area contributed by atoms with E-state index in [0.29, 0.717) is 12.2 Å². The Hall–Kier alpha value is -1.14. The largest absolute Gasteiger partial charge is 0.388 e. The van der Waals surface area contributed by atoms with E-state index >= 15 is 0 Å². The molecule has 1 aromatic rings. The van der Waals surface area contributed by atoms with Gasteiger partial charge in [-0.3, -0.25) is 9.88 Å². The number of halogens is 2. The average Bonchev–Trinajstić information content (AvgIpc) is 2.16. The summed E-state index contributed by atoms with van der Waals surface area (Å²) in [5.41, 5.74) is 6.75. The molecule has 0 aromatic carbocycles. The van der Waals surface area contributed by atoms with E-state index in [2.05, 4.69) is 4.98 Å². The maximum atomic E-state index is 12.1. The summed E-state index contributed by atoms with van der Waals surface area (Å²) in [4.78, 5) is 5.71. The van der Waals surface area contributed by atoms with E-state index in [1.807, 2.05) is 0 Å². The lowest BCUT2D eigenvalue weighted by atomic mass is 10.2. The van der Waals surface area contributed by atoms with Gasteiger partial charge in [-0.05, 0) is 18.7 Å². The molecule has 0 radical (unpaired) electrons. The first kappa shape index (κ1) is 12.9. The van der Waals surface area contributed by atoms with Crippen molar-refractivity contribution < 1.29 is 8.78 Å². The molecule has 0 saturated heterocycles. The van der Waals surface area contributed by atoms with Crippen LogP contribution in [0.3, 0.4) is 0 Å². The highest BCUT2D eigenvalue weighted by Crippen LogP contribution is 2.09. The molecule has 1 aromatic heterocycles. The Morgan fingerprint density at radius 2 is 2.31 bits per heavy atom. The van der Waals surface area contributed by atoms with Gasteiger partial charge in [0.05, 0.1) is 6.54 Å². The summed E-state index contributed by atoms with van der Waals surface area (Å²) in [6.45, 7) is 0.0660. The summed E-state index contributed by atoms with van der Waals surface area (Å²) < 4.78 is 24.3. The quantitative estimate of drug-likeness (QED) is 0.797. The molecule has 2 N–H and O–H groups in total. The van der Waals surface area contributed by atoms with Gasteiger partial charge >= 0.3 is 0 Å². The number of hydrogen-bond acceptors (Lipinski definition) is 3. The van der Waals surface area contributed by atoms with E-state index in [4.69, 9.17) is 18.0 Å². The number of nitrogens with two attached hydrogens (primary N) is 1. The maximum absolute atomic E-state index is 12.1. The van der Waals surface area contributed by atoms with E-state index in [1.54, 1.807) is 25.4 Å². The predicted octanol–water partition coefficient (Wildman–Crippen LogP) is 1.41. The third kappa shape index (κ3) is 3.79. The average molecular weight is 245 g/mol. The van der Waals surface area contributed by atoms with Gasteiger partial charge < -0.3 is 5.73 Å². The van der Waals surface area contributed by atoms with Crippen molar-refractivity contribution in [1.29, 1.82) is 0 Å². The molecule has 0 aliphatic carbocycles. The van der Waals surface area contributed by atoms with Crippen molar-refractivity contribution in [3.05, 3.63) is 29.6 Å². The second-order valence-corrected chi connectivity index (χ2v) is 3.90. The van der Waals surface area contributed by atoms with Crippen LogP contribution in [0.5, 0.6) is 0 Å². The van der Waals surface area contributed by atoms with Crippen LogP contribution in [-0.2, 0) is 6.54 Å². The Morgan fingerprint density at radius 1 is 1.62 bits per heavy atom. The maximum Gasteiger partial charge on any atom is 0.251 e. The number of rotatable bonds is 5. The van der Waals surface area contributed by atoms with Gasteiger partial charge in [0, 0.05) is 12.7 Å². The third-order valence-corrected chi connectivity index (χ3v) is 2.21. The molecular formula is C10H13F2N3S. The van der Waals surface area contributed by atoms with Crippen molar-refractivity contribution in [2.75, 3.05) is 13.6 Å². The number of thiocarbonyl (C=S) groups is 1. The molecule has 0 fully saturated rings. The minimum atomic E-state index is -2.35. The van der Waals surface area contributed by atoms with E-state index < -0.39 is 6.43 Å². The molecule has 0 unspecified atom stereocenters. The molecule has 0 aliphatic heterocycles. The fourth-order valence-corrected chi connectivity index (χ4v) is 1.56. The van der Waals surface area contributed by atoms with Crippen molar-refractivity contribution in [2.45, 2.75) is 13.0 Å². The summed E-state index contributed by atoms with van der Waals surface area (Å²) in [5.74, 6) is 0. The Morgan fingerprint density at radius 3 is 2.88 bits per heavy atom. The van der Waals surface area contributed by atoms with Crippen molar-refractivity contribution in [1.82, 2.24) is 9.88 Å². The zero-order valence-corrected chi connectivity index (χ0v) is 9.68. The summed E-state index contributed by atoms with van der Waals surface area (Å²) >= 11 is 4.84. The zero-order chi connectivity index (χ0) is 12.1. The van der Waals surface area contributed by atoms with E-state index in [1.165, 1.54) is 4.90 Å². The van der Waals surface area contributed by atoms with Gasteiger partial charge in [0.1, 0.15) is 10.7 Å². The molecule has 16 heavy (non-hydrogen) atoms. The first-order valence-corrected chi connectivity index (χ1v) is 5.12. The molecule has 0 atom stereocenters. The van der Waals surface area contributed by atoms with E-state index in [-0.39, 0.29) is 11.5 Å². The first-order valence-electron chi connectivity index (χ1n) is 4.71. The van der Waals surface area contributed by atoms with Gasteiger partial charge in [-0.25, -0.2) is 8.78 Å². The summed E-state index contributed by atoms with van der Waals surface area (Å²) in [5, 5.41) is 0. The van der Waals surface area contributed by atoms with Crippen LogP contribution in [0, 0.1) is 0 Å². The highest BCUT2D eigenvalue weighted by Gasteiger charge is 2.11. The fraction of sp³-hybridized carbons (Fsp3) is 0.400. The first-order chi connectivity index (χ1) is 7.50. The van der Waals surface area contributed by atoms with Gasteiger partial charge in [-0.15, -0.1) is 0 Å². The number of nitrogens with zero attached hydrogens (tertiary/aromatic N) is 2. The monoisotopic (exact) mass is 245 g/mol. The van der Waals surface area contributed by atoms with Gasteiger partial charge in [-0.2, -0.15) is 0 Å². The number of hydrogen-bond donors (Lipinski definition) is 1. The van der Waals surface area contributed by atoms with Gasteiger partial charge in [0.2, 0.25) is 0 Å². The summed E-state index contributed by atoms with van der Waals surface area (Å²) in [6, 6.07) is 3.51. The van der Waals surface area contributed by atoms with Crippen LogP contribution in [0.2, 0.25) is 0 Å². The minimum absolute atomic E-state index is 0.182. The molecule has 0 bridgehead atoms. The van der Waals surface area contributed by atoms with Crippen molar-refractivity contribution in [3.63, 3.8) is 0 Å². The third-order valence-electron chi connectivity index (χ3n) is 2.01. The van der Waals surface area contributed by atoms with Crippen LogP contribution in [-0.4, -0.2) is 34.9 Å². The lowest BCUT2D eigenvalue weighted by molar-refractivity contribution is 0.0975. The van der Waals surface area contributed by atoms with Crippen molar-refractivity contribution in [2.24, 2.45) is 5.73 Å². The summed E-state index contributed by atoms with van der Waals surface area (Å²) in [7, 11) is 1.61. The highest BCUT2D eigenvalue weighted by atomic mass is 32.1. The van der Waals surface area contributed by atoms with E-state index in [0.717, 1.165) is 5.56 Å². The smallest absolute Gasteiger partial charge is 0.251 e. The van der Waals surface area contributed by atoms with Crippen LogP contribution in [0.25, 0.3) is 0 Å². The standard InChI is InChI=1S/C10H13F2N3S/c1-15(6-8(11)12)5-7-3-2-4-14-9(7)10(13)16/h2-4,8H,5-6H2,1H3,(H2,13,16). The highest BCUT2D eigenvalue weighted by molar-refractivity contribution is 7.80. The Balaban J connectivity index is 2.76. The van der Waals surface area contributed by atoms with Crippen LogP contribution < -0.4 is 5.73 Å². The topological polar surface area (TPSA) is 42.2 Å². The molecule has 1 rings (SSSR count). The number of aromatic nitrogens is 1. The van der Waals surface area contributed by atoms with Crippen LogP contribution in [0.1, 0.15) is 11.3 Å². The lowest BCUT2D eigenvalue weighted by Crippen LogP contribution is -2.26. The van der Waals surface area contributed by atoms with Crippen LogP contribution in [0.4, 0.5) is 8.78 Å². The van der Waals surface area contributed by atoms with E-state index in [9.17, 15) is 8.78 Å². The van der Waals surface area contributed by atoms with Gasteiger partial charge in [0.15, 0.2) is 0 Å². The molecule has 0 spiro atoms. The molecule has 3 nitrogen and oxygen atoms in total. The second-order valence-electron chi connectivity index (χ2n) is 3.46. The van der Waals surface area contributed by atoms with Gasteiger partial charge in [0.25, 0.3) is 6.43 Å². The molecular weight excluding hydrogens is 232 g/mol. The zero-order valence-electron chi connectivity index (χ0n) is 8.86.